The standard InChI is InChI=1S/C17H23NO4/c1-2-13-5-3-4-6-14(13)11-15(19)18-12-17(16(20)21)7-9-22-10-8-17/h3-6H,2,7-12H2,1H3,(H,18,19)(H,20,21). The summed E-state index contributed by atoms with van der Waals surface area (Å²) < 4.78 is 5.23. The molecule has 2 rings (SSSR count). The summed E-state index contributed by atoms with van der Waals surface area (Å²) in [4.78, 5) is 23.7. The van der Waals surface area contributed by atoms with Crippen molar-refractivity contribution in [3.05, 3.63) is 35.4 Å². The molecule has 0 saturated carbocycles. The average Bonchev–Trinajstić information content (AvgIpc) is 2.54. The van der Waals surface area contributed by atoms with Crippen molar-refractivity contribution in [3.8, 4) is 0 Å². The molecule has 0 unspecified atom stereocenters. The summed E-state index contributed by atoms with van der Waals surface area (Å²) >= 11 is 0. The van der Waals surface area contributed by atoms with Crippen LogP contribution in [0.2, 0.25) is 0 Å². The van der Waals surface area contributed by atoms with Crippen LogP contribution in [0.1, 0.15) is 30.9 Å². The van der Waals surface area contributed by atoms with Gasteiger partial charge in [-0.2, -0.15) is 0 Å². The van der Waals surface area contributed by atoms with E-state index in [0.717, 1.165) is 17.5 Å². The zero-order valence-corrected chi connectivity index (χ0v) is 12.9. The predicted molar refractivity (Wildman–Crippen MR) is 82.7 cm³/mol. The lowest BCUT2D eigenvalue weighted by Gasteiger charge is -2.33. The molecule has 5 heteroatoms. The molecule has 0 aliphatic carbocycles. The van der Waals surface area contributed by atoms with Crippen LogP contribution in [-0.2, 0) is 27.2 Å². The van der Waals surface area contributed by atoms with E-state index in [0.29, 0.717) is 26.1 Å². The summed E-state index contributed by atoms with van der Waals surface area (Å²) in [5.74, 6) is -0.988. The van der Waals surface area contributed by atoms with Gasteiger partial charge in [-0.25, -0.2) is 0 Å². The van der Waals surface area contributed by atoms with Crippen LogP contribution >= 0.6 is 0 Å². The van der Waals surface area contributed by atoms with E-state index in [1.54, 1.807) is 0 Å². The Morgan fingerprint density at radius 2 is 1.86 bits per heavy atom. The van der Waals surface area contributed by atoms with Crippen molar-refractivity contribution in [2.75, 3.05) is 19.8 Å². The highest BCUT2D eigenvalue weighted by Gasteiger charge is 2.40. The highest BCUT2D eigenvalue weighted by Crippen LogP contribution is 2.30. The van der Waals surface area contributed by atoms with Crippen LogP contribution < -0.4 is 5.32 Å². The summed E-state index contributed by atoms with van der Waals surface area (Å²) in [5, 5.41) is 12.3. The molecule has 0 aromatic heterocycles. The summed E-state index contributed by atoms with van der Waals surface area (Å²) in [6, 6.07) is 7.83. The van der Waals surface area contributed by atoms with E-state index in [1.165, 1.54) is 0 Å². The summed E-state index contributed by atoms with van der Waals surface area (Å²) in [6.07, 6.45) is 2.04. The molecule has 1 aromatic carbocycles. The van der Waals surface area contributed by atoms with E-state index in [2.05, 4.69) is 12.2 Å². The molecule has 0 atom stereocenters. The van der Waals surface area contributed by atoms with Gasteiger partial charge in [-0.1, -0.05) is 31.2 Å². The van der Waals surface area contributed by atoms with Gasteiger partial charge in [0.15, 0.2) is 0 Å². The van der Waals surface area contributed by atoms with Gasteiger partial charge in [-0.15, -0.1) is 0 Å². The van der Waals surface area contributed by atoms with Crippen LogP contribution in [-0.4, -0.2) is 36.7 Å². The van der Waals surface area contributed by atoms with Gasteiger partial charge >= 0.3 is 5.97 Å². The van der Waals surface area contributed by atoms with Crippen LogP contribution in [0.3, 0.4) is 0 Å². The molecule has 0 radical (unpaired) electrons. The summed E-state index contributed by atoms with van der Waals surface area (Å²) in [5.41, 5.74) is 1.26. The smallest absolute Gasteiger partial charge is 0.311 e. The quantitative estimate of drug-likeness (QED) is 0.840. The minimum Gasteiger partial charge on any atom is -0.481 e. The molecule has 22 heavy (non-hydrogen) atoms. The molecule has 1 amide bonds. The lowest BCUT2D eigenvalue weighted by atomic mass is 9.80. The van der Waals surface area contributed by atoms with Crippen molar-refractivity contribution in [2.45, 2.75) is 32.6 Å². The number of aryl methyl sites for hydroxylation is 1. The Balaban J connectivity index is 1.95. The largest absolute Gasteiger partial charge is 0.481 e. The second-order valence-corrected chi connectivity index (χ2v) is 5.77. The van der Waals surface area contributed by atoms with Crippen LogP contribution in [0.4, 0.5) is 0 Å². The molecular weight excluding hydrogens is 282 g/mol. The topological polar surface area (TPSA) is 75.6 Å². The maximum absolute atomic E-state index is 12.2. The molecule has 0 bridgehead atoms. The SMILES string of the molecule is CCc1ccccc1CC(=O)NCC1(C(=O)O)CCOCC1. The third-order valence-electron chi connectivity index (χ3n) is 4.38. The number of carboxylic acid groups (broad SMARTS) is 1. The maximum atomic E-state index is 12.2. The Hall–Kier alpha value is -1.88. The Labute approximate surface area is 130 Å². The number of nitrogens with one attached hydrogen (secondary N) is 1. The highest BCUT2D eigenvalue weighted by atomic mass is 16.5. The van der Waals surface area contributed by atoms with Gasteiger partial charge in [-0.05, 0) is 30.4 Å². The first-order valence-electron chi connectivity index (χ1n) is 7.72. The van der Waals surface area contributed by atoms with Crippen LogP contribution in [0, 0.1) is 5.41 Å². The predicted octanol–water partition coefficient (Wildman–Crippen LogP) is 1.79. The molecular formula is C17H23NO4. The fraction of sp³-hybridized carbons (Fsp3) is 0.529. The Morgan fingerprint density at radius 1 is 1.23 bits per heavy atom. The van der Waals surface area contributed by atoms with Gasteiger partial charge in [-0.3, -0.25) is 9.59 Å². The van der Waals surface area contributed by atoms with Gasteiger partial charge in [0.25, 0.3) is 0 Å². The van der Waals surface area contributed by atoms with Gasteiger partial charge in [0.05, 0.1) is 11.8 Å². The average molecular weight is 305 g/mol. The Morgan fingerprint density at radius 3 is 2.45 bits per heavy atom. The van der Waals surface area contributed by atoms with Crippen molar-refractivity contribution >= 4 is 11.9 Å². The number of rotatable bonds is 6. The van der Waals surface area contributed by atoms with E-state index >= 15 is 0 Å². The van der Waals surface area contributed by atoms with Gasteiger partial charge in [0.2, 0.25) is 5.91 Å². The number of amides is 1. The fourth-order valence-electron chi connectivity index (χ4n) is 2.81. The van der Waals surface area contributed by atoms with Crippen molar-refractivity contribution in [2.24, 2.45) is 5.41 Å². The van der Waals surface area contributed by atoms with E-state index in [9.17, 15) is 14.7 Å². The first-order chi connectivity index (χ1) is 10.6. The van der Waals surface area contributed by atoms with E-state index in [4.69, 9.17) is 4.74 Å². The van der Waals surface area contributed by atoms with E-state index in [1.807, 2.05) is 24.3 Å². The number of hydrogen-bond acceptors (Lipinski definition) is 3. The third-order valence-corrected chi connectivity index (χ3v) is 4.38. The molecule has 120 valence electrons. The number of carboxylic acids is 1. The third kappa shape index (κ3) is 3.85. The minimum atomic E-state index is -0.891. The van der Waals surface area contributed by atoms with Crippen LogP contribution in [0.5, 0.6) is 0 Å². The van der Waals surface area contributed by atoms with Crippen LogP contribution in [0.15, 0.2) is 24.3 Å². The molecule has 1 saturated heterocycles. The minimum absolute atomic E-state index is 0.131. The number of carbonyl (C=O) groups is 2. The van der Waals surface area contributed by atoms with Crippen molar-refractivity contribution in [1.29, 1.82) is 0 Å². The number of benzene rings is 1. The number of carbonyl (C=O) groups excluding carboxylic acids is 1. The van der Waals surface area contributed by atoms with Gasteiger partial charge in [0, 0.05) is 19.8 Å². The molecule has 1 aliphatic rings. The molecule has 0 spiro atoms. The number of aliphatic carboxylic acids is 1. The van der Waals surface area contributed by atoms with Crippen molar-refractivity contribution < 1.29 is 19.4 Å². The second kappa shape index (κ2) is 7.40. The van der Waals surface area contributed by atoms with Crippen molar-refractivity contribution in [3.63, 3.8) is 0 Å². The van der Waals surface area contributed by atoms with Crippen molar-refractivity contribution in [1.82, 2.24) is 5.32 Å². The molecule has 1 aliphatic heterocycles. The summed E-state index contributed by atoms with van der Waals surface area (Å²) in [7, 11) is 0. The highest BCUT2D eigenvalue weighted by molar-refractivity contribution is 5.81. The number of ether oxygens (including phenoxy) is 1. The molecule has 1 fully saturated rings. The lowest BCUT2D eigenvalue weighted by molar-refractivity contribution is -0.154. The van der Waals surface area contributed by atoms with E-state index < -0.39 is 11.4 Å². The normalized spacial score (nSPS) is 17.0. The first-order valence-corrected chi connectivity index (χ1v) is 7.72. The molecule has 1 heterocycles. The van der Waals surface area contributed by atoms with Crippen LogP contribution in [0.25, 0.3) is 0 Å². The Bertz CT molecular complexity index is 535. The zero-order valence-electron chi connectivity index (χ0n) is 12.9. The monoisotopic (exact) mass is 305 g/mol. The second-order valence-electron chi connectivity index (χ2n) is 5.77. The molecule has 2 N–H and O–H groups in total. The molecule has 1 aromatic rings. The number of hydrogen-bond donors (Lipinski definition) is 2. The lowest BCUT2D eigenvalue weighted by Crippen LogP contribution is -2.46. The van der Waals surface area contributed by atoms with E-state index in [-0.39, 0.29) is 18.9 Å². The first kappa shape index (κ1) is 16.5. The molecule has 5 nitrogen and oxygen atoms in total. The van der Waals surface area contributed by atoms with Gasteiger partial charge in [0.1, 0.15) is 0 Å². The fourth-order valence-corrected chi connectivity index (χ4v) is 2.81. The maximum Gasteiger partial charge on any atom is 0.311 e. The zero-order chi connectivity index (χ0) is 16.0. The Kier molecular flexibility index (Phi) is 5.55. The van der Waals surface area contributed by atoms with Gasteiger partial charge < -0.3 is 15.2 Å². The summed E-state index contributed by atoms with van der Waals surface area (Å²) in [6.45, 7) is 3.08.